The molecule has 4 heteroatoms. The molecule has 0 aromatic carbocycles. The fourth-order valence-corrected chi connectivity index (χ4v) is 1.57. The molecule has 0 radical (unpaired) electrons. The molecule has 0 aliphatic rings. The van der Waals surface area contributed by atoms with E-state index in [1.54, 1.807) is 12.1 Å². The minimum atomic E-state index is 0.0475. The Bertz CT molecular complexity index is 377. The number of aryl methyl sites for hydroxylation is 1. The summed E-state index contributed by atoms with van der Waals surface area (Å²) in [5.41, 5.74) is 6.93. The van der Waals surface area contributed by atoms with Crippen LogP contribution in [0.15, 0.2) is 12.1 Å². The van der Waals surface area contributed by atoms with Gasteiger partial charge in [0.2, 0.25) is 5.88 Å². The number of unbranched alkanes of at least 4 members (excludes halogenated alkanes) is 3. The van der Waals surface area contributed by atoms with Crippen LogP contribution in [0.4, 0.5) is 0 Å². The van der Waals surface area contributed by atoms with Crippen LogP contribution in [-0.2, 0) is 0 Å². The summed E-state index contributed by atoms with van der Waals surface area (Å²) in [5, 5.41) is 7.39. The molecule has 0 aliphatic carbocycles. The summed E-state index contributed by atoms with van der Waals surface area (Å²) in [5.74, 6) is 0.609. The van der Waals surface area contributed by atoms with Crippen molar-refractivity contribution in [1.29, 1.82) is 5.41 Å². The molecule has 3 N–H and O–H groups in total. The summed E-state index contributed by atoms with van der Waals surface area (Å²) >= 11 is 0. The van der Waals surface area contributed by atoms with Gasteiger partial charge in [-0.2, -0.15) is 0 Å². The smallest absolute Gasteiger partial charge is 0.214 e. The monoisotopic (exact) mass is 235 g/mol. The SMILES string of the molecule is CCCCCCOc1cc(C(=N)N)cc(C)n1. The topological polar surface area (TPSA) is 72.0 Å². The first kappa shape index (κ1) is 13.5. The molecule has 0 atom stereocenters. The van der Waals surface area contributed by atoms with Gasteiger partial charge < -0.3 is 10.5 Å². The van der Waals surface area contributed by atoms with E-state index in [4.69, 9.17) is 15.9 Å². The number of amidine groups is 1. The van der Waals surface area contributed by atoms with Crippen molar-refractivity contribution in [2.75, 3.05) is 6.61 Å². The third kappa shape index (κ3) is 4.85. The molecule has 0 saturated heterocycles. The van der Waals surface area contributed by atoms with Crippen molar-refractivity contribution in [3.05, 3.63) is 23.4 Å². The molecule has 1 aromatic rings. The van der Waals surface area contributed by atoms with Gasteiger partial charge in [-0.3, -0.25) is 5.41 Å². The van der Waals surface area contributed by atoms with E-state index in [0.717, 1.165) is 12.1 Å². The van der Waals surface area contributed by atoms with Gasteiger partial charge in [0.25, 0.3) is 0 Å². The highest BCUT2D eigenvalue weighted by Crippen LogP contribution is 2.12. The first-order valence-electron chi connectivity index (χ1n) is 6.09. The molecule has 1 rings (SSSR count). The number of rotatable bonds is 7. The average molecular weight is 235 g/mol. The largest absolute Gasteiger partial charge is 0.478 e. The van der Waals surface area contributed by atoms with Crippen molar-refractivity contribution in [3.63, 3.8) is 0 Å². The molecule has 1 heterocycles. The highest BCUT2D eigenvalue weighted by Gasteiger charge is 2.03. The number of pyridine rings is 1. The summed E-state index contributed by atoms with van der Waals surface area (Å²) in [6.45, 7) is 4.73. The van der Waals surface area contributed by atoms with Gasteiger partial charge in [0.05, 0.1) is 6.61 Å². The second kappa shape index (κ2) is 6.89. The van der Waals surface area contributed by atoms with E-state index in [1.807, 2.05) is 6.92 Å². The molecular weight excluding hydrogens is 214 g/mol. The van der Waals surface area contributed by atoms with E-state index in [-0.39, 0.29) is 5.84 Å². The van der Waals surface area contributed by atoms with E-state index in [2.05, 4.69) is 11.9 Å². The number of ether oxygens (including phenoxy) is 1. The summed E-state index contributed by atoms with van der Waals surface area (Å²) < 4.78 is 5.56. The fraction of sp³-hybridized carbons (Fsp3) is 0.538. The average Bonchev–Trinajstić information content (AvgIpc) is 2.28. The molecule has 0 bridgehead atoms. The standard InChI is InChI=1S/C13H21N3O/c1-3-4-5-6-7-17-12-9-11(13(14)15)8-10(2)16-12/h8-9H,3-7H2,1-2H3,(H3,14,15). The van der Waals surface area contributed by atoms with E-state index < -0.39 is 0 Å². The maximum Gasteiger partial charge on any atom is 0.214 e. The van der Waals surface area contributed by atoms with Crippen LogP contribution in [0.5, 0.6) is 5.88 Å². The van der Waals surface area contributed by atoms with Crippen LogP contribution in [0.2, 0.25) is 0 Å². The number of nitrogens with one attached hydrogen (secondary N) is 1. The Kier molecular flexibility index (Phi) is 5.46. The lowest BCUT2D eigenvalue weighted by Gasteiger charge is -2.07. The molecule has 0 fully saturated rings. The zero-order chi connectivity index (χ0) is 12.7. The minimum Gasteiger partial charge on any atom is -0.478 e. The first-order chi connectivity index (χ1) is 8.13. The number of aromatic nitrogens is 1. The van der Waals surface area contributed by atoms with E-state index in [9.17, 15) is 0 Å². The normalized spacial score (nSPS) is 10.2. The quantitative estimate of drug-likeness (QED) is 0.433. The lowest BCUT2D eigenvalue weighted by molar-refractivity contribution is 0.293. The van der Waals surface area contributed by atoms with Crippen LogP contribution in [0.25, 0.3) is 0 Å². The lowest BCUT2D eigenvalue weighted by atomic mass is 10.2. The Labute approximate surface area is 103 Å². The van der Waals surface area contributed by atoms with Gasteiger partial charge in [-0.15, -0.1) is 0 Å². The molecule has 0 unspecified atom stereocenters. The van der Waals surface area contributed by atoms with Gasteiger partial charge in [-0.1, -0.05) is 26.2 Å². The summed E-state index contributed by atoms with van der Waals surface area (Å²) in [6.07, 6.45) is 4.68. The van der Waals surface area contributed by atoms with Gasteiger partial charge in [-0.05, 0) is 19.4 Å². The van der Waals surface area contributed by atoms with Crippen molar-refractivity contribution < 1.29 is 4.74 Å². The Morgan fingerprint density at radius 1 is 1.35 bits per heavy atom. The van der Waals surface area contributed by atoms with E-state index in [0.29, 0.717) is 18.1 Å². The maximum atomic E-state index is 7.39. The molecule has 1 aromatic heterocycles. The van der Waals surface area contributed by atoms with Crippen molar-refractivity contribution in [2.24, 2.45) is 5.73 Å². The molecule has 0 aliphatic heterocycles. The van der Waals surface area contributed by atoms with Crippen LogP contribution in [0, 0.1) is 12.3 Å². The summed E-state index contributed by atoms with van der Waals surface area (Å²) in [4.78, 5) is 4.26. The van der Waals surface area contributed by atoms with Gasteiger partial charge in [0, 0.05) is 17.3 Å². The first-order valence-corrected chi connectivity index (χ1v) is 6.09. The zero-order valence-corrected chi connectivity index (χ0v) is 10.6. The highest BCUT2D eigenvalue weighted by molar-refractivity contribution is 5.95. The lowest BCUT2D eigenvalue weighted by Crippen LogP contribution is -2.12. The van der Waals surface area contributed by atoms with Crippen molar-refractivity contribution in [1.82, 2.24) is 4.98 Å². The van der Waals surface area contributed by atoms with Crippen molar-refractivity contribution >= 4 is 5.84 Å². The molecule has 0 amide bonds. The number of nitrogen functional groups attached to an aromatic ring is 1. The molecule has 4 nitrogen and oxygen atoms in total. The predicted octanol–water partition coefficient (Wildman–Crippen LogP) is 2.63. The van der Waals surface area contributed by atoms with Crippen LogP contribution in [0.1, 0.15) is 43.9 Å². The van der Waals surface area contributed by atoms with Gasteiger partial charge in [0.15, 0.2) is 0 Å². The Morgan fingerprint density at radius 2 is 2.12 bits per heavy atom. The molecule has 94 valence electrons. The maximum absolute atomic E-state index is 7.39. The van der Waals surface area contributed by atoms with E-state index in [1.165, 1.54) is 19.3 Å². The number of nitrogens with zero attached hydrogens (tertiary/aromatic N) is 1. The van der Waals surface area contributed by atoms with Gasteiger partial charge in [-0.25, -0.2) is 4.98 Å². The van der Waals surface area contributed by atoms with Gasteiger partial charge in [0.1, 0.15) is 5.84 Å². The van der Waals surface area contributed by atoms with Crippen LogP contribution < -0.4 is 10.5 Å². The molecule has 0 spiro atoms. The number of hydrogen-bond donors (Lipinski definition) is 2. The fourth-order valence-electron chi connectivity index (χ4n) is 1.57. The summed E-state index contributed by atoms with van der Waals surface area (Å²) in [6, 6.07) is 3.50. The Morgan fingerprint density at radius 3 is 2.76 bits per heavy atom. The second-order valence-corrected chi connectivity index (χ2v) is 4.16. The number of hydrogen-bond acceptors (Lipinski definition) is 3. The van der Waals surface area contributed by atoms with Crippen LogP contribution in [-0.4, -0.2) is 17.4 Å². The number of nitrogens with two attached hydrogens (primary N) is 1. The Balaban J connectivity index is 2.50. The van der Waals surface area contributed by atoms with Crippen LogP contribution in [0.3, 0.4) is 0 Å². The molecule has 0 saturated carbocycles. The van der Waals surface area contributed by atoms with E-state index >= 15 is 0 Å². The van der Waals surface area contributed by atoms with Crippen molar-refractivity contribution in [2.45, 2.75) is 39.5 Å². The summed E-state index contributed by atoms with van der Waals surface area (Å²) in [7, 11) is 0. The van der Waals surface area contributed by atoms with Gasteiger partial charge >= 0.3 is 0 Å². The third-order valence-corrected chi connectivity index (χ3v) is 2.49. The predicted molar refractivity (Wildman–Crippen MR) is 69.6 cm³/mol. The van der Waals surface area contributed by atoms with Crippen LogP contribution >= 0.6 is 0 Å². The second-order valence-electron chi connectivity index (χ2n) is 4.16. The zero-order valence-electron chi connectivity index (χ0n) is 10.6. The molecule has 17 heavy (non-hydrogen) atoms. The third-order valence-electron chi connectivity index (χ3n) is 2.49. The molecular formula is C13H21N3O. The Hall–Kier alpha value is -1.58. The highest BCUT2D eigenvalue weighted by atomic mass is 16.5. The minimum absolute atomic E-state index is 0.0475. The van der Waals surface area contributed by atoms with Crippen molar-refractivity contribution in [3.8, 4) is 5.88 Å².